The monoisotopic (exact) mass is 287 g/mol. The van der Waals surface area contributed by atoms with Crippen LogP contribution in [0.4, 0.5) is 8.78 Å². The standard InChI is InChI=1S/C14H19F2NO3/c1-9(17)6-10-7-11(15)14(12(16)8-10)20-5-3-4-13(18)19-2/h7-9H,3-6,17H2,1-2H3. The summed E-state index contributed by atoms with van der Waals surface area (Å²) < 4.78 is 36.9. The molecule has 0 aliphatic rings. The number of rotatable bonds is 7. The highest BCUT2D eigenvalue weighted by atomic mass is 19.1. The summed E-state index contributed by atoms with van der Waals surface area (Å²) in [5, 5.41) is 0. The van der Waals surface area contributed by atoms with Gasteiger partial charge in [0.05, 0.1) is 13.7 Å². The molecule has 20 heavy (non-hydrogen) atoms. The van der Waals surface area contributed by atoms with Gasteiger partial charge in [0.15, 0.2) is 17.4 Å². The molecule has 0 aromatic heterocycles. The van der Waals surface area contributed by atoms with Crippen LogP contribution >= 0.6 is 0 Å². The van der Waals surface area contributed by atoms with Crippen LogP contribution in [0.5, 0.6) is 5.75 Å². The van der Waals surface area contributed by atoms with Gasteiger partial charge in [0.2, 0.25) is 0 Å². The van der Waals surface area contributed by atoms with Crippen molar-refractivity contribution < 1.29 is 23.0 Å². The van der Waals surface area contributed by atoms with E-state index in [9.17, 15) is 13.6 Å². The van der Waals surface area contributed by atoms with Gasteiger partial charge in [0.25, 0.3) is 0 Å². The summed E-state index contributed by atoms with van der Waals surface area (Å²) in [6.45, 7) is 1.79. The Morgan fingerprint density at radius 1 is 1.35 bits per heavy atom. The molecule has 1 unspecified atom stereocenters. The van der Waals surface area contributed by atoms with E-state index in [1.807, 2.05) is 0 Å². The molecule has 0 aliphatic heterocycles. The third-order valence-electron chi connectivity index (χ3n) is 2.62. The van der Waals surface area contributed by atoms with E-state index in [-0.39, 0.29) is 25.0 Å². The molecule has 0 saturated carbocycles. The minimum absolute atomic E-state index is 0.0373. The van der Waals surface area contributed by atoms with Crippen molar-refractivity contribution >= 4 is 5.97 Å². The second-order valence-corrected chi connectivity index (χ2v) is 4.60. The van der Waals surface area contributed by atoms with E-state index in [4.69, 9.17) is 10.5 Å². The second-order valence-electron chi connectivity index (χ2n) is 4.60. The number of hydrogen-bond donors (Lipinski definition) is 1. The van der Waals surface area contributed by atoms with Crippen molar-refractivity contribution in [2.24, 2.45) is 5.73 Å². The number of carbonyl (C=O) groups excluding carboxylic acids is 1. The van der Waals surface area contributed by atoms with E-state index in [1.165, 1.54) is 19.2 Å². The SMILES string of the molecule is COC(=O)CCCOc1c(F)cc(CC(C)N)cc1F. The molecule has 1 aromatic rings. The van der Waals surface area contributed by atoms with Crippen molar-refractivity contribution in [1.82, 2.24) is 0 Å². The summed E-state index contributed by atoms with van der Waals surface area (Å²) >= 11 is 0. The molecule has 0 amide bonds. The van der Waals surface area contributed by atoms with Gasteiger partial charge < -0.3 is 15.2 Å². The topological polar surface area (TPSA) is 61.5 Å². The normalized spacial score (nSPS) is 12.1. The van der Waals surface area contributed by atoms with E-state index in [1.54, 1.807) is 6.92 Å². The van der Waals surface area contributed by atoms with Crippen LogP contribution in [0.1, 0.15) is 25.3 Å². The molecule has 2 N–H and O–H groups in total. The average molecular weight is 287 g/mol. The predicted molar refractivity (Wildman–Crippen MR) is 70.5 cm³/mol. The molecular formula is C14H19F2NO3. The molecule has 112 valence electrons. The molecule has 1 atom stereocenters. The first-order chi connectivity index (χ1) is 9.43. The fraction of sp³-hybridized carbons (Fsp3) is 0.500. The minimum Gasteiger partial charge on any atom is -0.488 e. The number of nitrogens with two attached hydrogens (primary N) is 1. The van der Waals surface area contributed by atoms with Gasteiger partial charge in [-0.15, -0.1) is 0 Å². The number of ether oxygens (including phenoxy) is 2. The molecule has 0 spiro atoms. The maximum absolute atomic E-state index is 13.7. The average Bonchev–Trinajstić information content (AvgIpc) is 2.35. The Balaban J connectivity index is 2.60. The number of esters is 1. The molecule has 0 radical (unpaired) electrons. The first-order valence-electron chi connectivity index (χ1n) is 6.37. The molecule has 0 heterocycles. The van der Waals surface area contributed by atoms with Crippen LogP contribution < -0.4 is 10.5 Å². The Bertz CT molecular complexity index is 441. The lowest BCUT2D eigenvalue weighted by molar-refractivity contribution is -0.140. The maximum Gasteiger partial charge on any atom is 0.305 e. The van der Waals surface area contributed by atoms with Gasteiger partial charge in [-0.1, -0.05) is 0 Å². The van der Waals surface area contributed by atoms with E-state index in [2.05, 4.69) is 4.74 Å². The zero-order chi connectivity index (χ0) is 15.1. The lowest BCUT2D eigenvalue weighted by Gasteiger charge is -2.11. The van der Waals surface area contributed by atoms with Crippen LogP contribution in [-0.4, -0.2) is 25.7 Å². The van der Waals surface area contributed by atoms with Crippen molar-refractivity contribution in [2.75, 3.05) is 13.7 Å². The van der Waals surface area contributed by atoms with Crippen molar-refractivity contribution in [1.29, 1.82) is 0 Å². The summed E-state index contributed by atoms with van der Waals surface area (Å²) in [7, 11) is 1.28. The molecular weight excluding hydrogens is 268 g/mol. The molecule has 0 aliphatic carbocycles. The summed E-state index contributed by atoms with van der Waals surface area (Å²) in [6, 6.07) is 2.24. The zero-order valence-corrected chi connectivity index (χ0v) is 11.6. The van der Waals surface area contributed by atoms with Crippen LogP contribution in [0.3, 0.4) is 0 Å². The molecule has 1 rings (SSSR count). The predicted octanol–water partition coefficient (Wildman–Crippen LogP) is 2.19. The Kier molecular flexibility index (Phi) is 6.38. The van der Waals surface area contributed by atoms with Crippen molar-refractivity contribution in [2.45, 2.75) is 32.2 Å². The lowest BCUT2D eigenvalue weighted by atomic mass is 10.1. The molecule has 0 bridgehead atoms. The van der Waals surface area contributed by atoms with Crippen molar-refractivity contribution in [3.63, 3.8) is 0 Å². The third kappa shape index (κ3) is 5.13. The Morgan fingerprint density at radius 3 is 2.45 bits per heavy atom. The van der Waals surface area contributed by atoms with E-state index in [0.717, 1.165) is 0 Å². The number of halogens is 2. The van der Waals surface area contributed by atoms with E-state index >= 15 is 0 Å². The quantitative estimate of drug-likeness (QED) is 0.617. The number of benzene rings is 1. The largest absolute Gasteiger partial charge is 0.488 e. The van der Waals surface area contributed by atoms with Gasteiger partial charge >= 0.3 is 5.97 Å². The highest BCUT2D eigenvalue weighted by molar-refractivity contribution is 5.69. The van der Waals surface area contributed by atoms with Crippen LogP contribution in [0.2, 0.25) is 0 Å². The van der Waals surface area contributed by atoms with Gasteiger partial charge in [-0.2, -0.15) is 0 Å². The summed E-state index contributed by atoms with van der Waals surface area (Å²) in [5.41, 5.74) is 6.07. The van der Waals surface area contributed by atoms with E-state index in [0.29, 0.717) is 18.4 Å². The number of hydrogen-bond acceptors (Lipinski definition) is 4. The minimum atomic E-state index is -0.765. The second kappa shape index (κ2) is 7.79. The highest BCUT2D eigenvalue weighted by Crippen LogP contribution is 2.24. The molecule has 4 nitrogen and oxygen atoms in total. The van der Waals surface area contributed by atoms with Gasteiger partial charge in [0.1, 0.15) is 0 Å². The lowest BCUT2D eigenvalue weighted by Crippen LogP contribution is -2.18. The van der Waals surface area contributed by atoms with Crippen molar-refractivity contribution in [3.05, 3.63) is 29.3 Å². The molecule has 0 saturated heterocycles. The van der Waals surface area contributed by atoms with Gasteiger partial charge in [-0.3, -0.25) is 4.79 Å². The molecule has 6 heteroatoms. The molecule has 1 aromatic carbocycles. The Morgan fingerprint density at radius 2 is 1.95 bits per heavy atom. The van der Waals surface area contributed by atoms with Crippen LogP contribution in [0.25, 0.3) is 0 Å². The maximum atomic E-state index is 13.7. The first-order valence-corrected chi connectivity index (χ1v) is 6.37. The van der Waals surface area contributed by atoms with Crippen LogP contribution in [-0.2, 0) is 16.0 Å². The number of methoxy groups -OCH3 is 1. The highest BCUT2D eigenvalue weighted by Gasteiger charge is 2.13. The summed E-state index contributed by atoms with van der Waals surface area (Å²) in [6.07, 6.45) is 0.853. The number of carbonyl (C=O) groups is 1. The fourth-order valence-corrected chi connectivity index (χ4v) is 1.73. The Hall–Kier alpha value is -1.69. The van der Waals surface area contributed by atoms with Crippen LogP contribution in [0.15, 0.2) is 12.1 Å². The zero-order valence-electron chi connectivity index (χ0n) is 11.6. The van der Waals surface area contributed by atoms with Gasteiger partial charge in [-0.05, 0) is 37.5 Å². The van der Waals surface area contributed by atoms with E-state index < -0.39 is 17.4 Å². The first kappa shape index (κ1) is 16.4. The van der Waals surface area contributed by atoms with Gasteiger partial charge in [-0.25, -0.2) is 8.78 Å². The fourth-order valence-electron chi connectivity index (χ4n) is 1.73. The van der Waals surface area contributed by atoms with Gasteiger partial charge in [0, 0.05) is 12.5 Å². The molecule has 0 fully saturated rings. The van der Waals surface area contributed by atoms with Crippen molar-refractivity contribution in [3.8, 4) is 5.75 Å². The Labute approximate surface area is 116 Å². The summed E-state index contributed by atoms with van der Waals surface area (Å²) in [5.74, 6) is -2.34. The van der Waals surface area contributed by atoms with Crippen LogP contribution in [0, 0.1) is 11.6 Å². The summed E-state index contributed by atoms with van der Waals surface area (Å²) in [4.78, 5) is 10.9. The third-order valence-corrected chi connectivity index (χ3v) is 2.62. The smallest absolute Gasteiger partial charge is 0.305 e.